The lowest BCUT2D eigenvalue weighted by molar-refractivity contribution is -0.136. The van der Waals surface area contributed by atoms with Crippen molar-refractivity contribution in [1.29, 1.82) is 0 Å². The molecule has 0 bridgehead atoms. The van der Waals surface area contributed by atoms with Gasteiger partial charge in [0.25, 0.3) is 0 Å². The van der Waals surface area contributed by atoms with Crippen molar-refractivity contribution in [1.82, 2.24) is 14.5 Å². The monoisotopic (exact) mass is 315 g/mol. The normalized spacial score (nSPS) is 11.4. The summed E-state index contributed by atoms with van der Waals surface area (Å²) in [7, 11) is 0. The summed E-state index contributed by atoms with van der Waals surface area (Å²) in [5, 5.41) is 11.6. The van der Waals surface area contributed by atoms with Crippen LogP contribution in [-0.2, 0) is 17.8 Å². The number of carboxylic acids is 1. The predicted octanol–water partition coefficient (Wildman–Crippen LogP) is 3.29. The molecule has 0 saturated carbocycles. The highest BCUT2D eigenvalue weighted by molar-refractivity contribution is 7.09. The molecule has 22 heavy (non-hydrogen) atoms. The smallest absolute Gasteiger partial charge is 0.309 e. The van der Waals surface area contributed by atoms with Crippen molar-refractivity contribution in [2.24, 2.45) is 0 Å². The molecule has 0 aliphatic carbocycles. The van der Waals surface area contributed by atoms with E-state index >= 15 is 0 Å². The number of aromatic nitrogens is 3. The van der Waals surface area contributed by atoms with Crippen LogP contribution < -0.4 is 0 Å². The van der Waals surface area contributed by atoms with Crippen molar-refractivity contribution in [3.63, 3.8) is 0 Å². The zero-order chi connectivity index (χ0) is 15.7. The van der Waals surface area contributed by atoms with Gasteiger partial charge in [-0.15, -0.1) is 11.3 Å². The zero-order valence-corrected chi connectivity index (χ0v) is 13.3. The molecule has 0 atom stereocenters. The summed E-state index contributed by atoms with van der Waals surface area (Å²) >= 11 is 1.50. The molecule has 1 aromatic carbocycles. The molecular formula is C16H17N3O2S. The molecule has 0 fully saturated rings. The van der Waals surface area contributed by atoms with Crippen molar-refractivity contribution >= 4 is 28.3 Å². The summed E-state index contributed by atoms with van der Waals surface area (Å²) in [6.07, 6.45) is -0.0295. The fourth-order valence-electron chi connectivity index (χ4n) is 2.49. The molecule has 0 unspecified atom stereocenters. The van der Waals surface area contributed by atoms with Gasteiger partial charge in [-0.3, -0.25) is 4.79 Å². The van der Waals surface area contributed by atoms with Crippen LogP contribution in [0.3, 0.4) is 0 Å². The summed E-state index contributed by atoms with van der Waals surface area (Å²) in [6.45, 7) is 4.86. The Hall–Kier alpha value is -2.21. The van der Waals surface area contributed by atoms with Crippen LogP contribution in [0.5, 0.6) is 0 Å². The van der Waals surface area contributed by atoms with Gasteiger partial charge in [-0.25, -0.2) is 9.97 Å². The minimum absolute atomic E-state index is 0.0295. The van der Waals surface area contributed by atoms with Crippen molar-refractivity contribution in [3.8, 4) is 0 Å². The molecule has 0 aliphatic rings. The summed E-state index contributed by atoms with van der Waals surface area (Å²) in [4.78, 5) is 19.9. The van der Waals surface area contributed by atoms with Crippen LogP contribution in [0, 0.1) is 0 Å². The molecule has 2 aromatic heterocycles. The molecule has 1 N–H and O–H groups in total. The van der Waals surface area contributed by atoms with E-state index in [4.69, 9.17) is 10.1 Å². The fraction of sp³-hybridized carbons (Fsp3) is 0.312. The Balaban J connectivity index is 1.97. The van der Waals surface area contributed by atoms with Gasteiger partial charge in [0.05, 0.1) is 29.7 Å². The van der Waals surface area contributed by atoms with Crippen molar-refractivity contribution in [3.05, 3.63) is 46.2 Å². The number of nitrogens with zero attached hydrogens (tertiary/aromatic N) is 3. The summed E-state index contributed by atoms with van der Waals surface area (Å²) in [6, 6.07) is 8.05. The van der Waals surface area contributed by atoms with Crippen LogP contribution in [0.4, 0.5) is 0 Å². The quantitative estimate of drug-likeness (QED) is 0.784. The number of hydrogen-bond donors (Lipinski definition) is 1. The second kappa shape index (κ2) is 5.88. The third-order valence-electron chi connectivity index (χ3n) is 3.43. The number of fused-ring (bicyclic) bond motifs is 1. The largest absolute Gasteiger partial charge is 0.481 e. The SMILES string of the molecule is CC(C)c1nc2ccccc2n1Cc1nc(CC(=O)O)cs1. The van der Waals surface area contributed by atoms with Gasteiger partial charge in [-0.05, 0) is 12.1 Å². The van der Waals surface area contributed by atoms with E-state index < -0.39 is 5.97 Å². The number of hydrogen-bond acceptors (Lipinski definition) is 4. The first-order valence-corrected chi connectivity index (χ1v) is 8.03. The molecule has 114 valence electrons. The maximum atomic E-state index is 10.8. The first-order valence-electron chi connectivity index (χ1n) is 7.15. The average Bonchev–Trinajstić information content (AvgIpc) is 3.04. The van der Waals surface area contributed by atoms with E-state index in [0.717, 1.165) is 21.9 Å². The van der Waals surface area contributed by atoms with Crippen LogP contribution in [0.1, 0.15) is 36.3 Å². The number of benzene rings is 1. The van der Waals surface area contributed by atoms with Gasteiger partial charge in [0.1, 0.15) is 10.8 Å². The molecule has 0 saturated heterocycles. The Morgan fingerprint density at radius 1 is 1.32 bits per heavy atom. The van der Waals surface area contributed by atoms with Gasteiger partial charge in [-0.1, -0.05) is 26.0 Å². The van der Waals surface area contributed by atoms with Gasteiger partial charge < -0.3 is 9.67 Å². The lowest BCUT2D eigenvalue weighted by atomic mass is 10.2. The highest BCUT2D eigenvalue weighted by Gasteiger charge is 2.15. The highest BCUT2D eigenvalue weighted by Crippen LogP contribution is 2.24. The van der Waals surface area contributed by atoms with Crippen LogP contribution in [0.25, 0.3) is 11.0 Å². The number of thiazole rings is 1. The van der Waals surface area contributed by atoms with Gasteiger partial charge in [0, 0.05) is 11.3 Å². The van der Waals surface area contributed by atoms with Crippen LogP contribution >= 0.6 is 11.3 Å². The minimum atomic E-state index is -0.854. The van der Waals surface area contributed by atoms with E-state index in [1.165, 1.54) is 11.3 Å². The fourth-order valence-corrected chi connectivity index (χ4v) is 3.28. The lowest BCUT2D eigenvalue weighted by Crippen LogP contribution is -2.07. The average molecular weight is 315 g/mol. The first-order chi connectivity index (χ1) is 10.5. The van der Waals surface area contributed by atoms with Gasteiger partial charge in [0.2, 0.25) is 0 Å². The molecule has 0 radical (unpaired) electrons. The lowest BCUT2D eigenvalue weighted by Gasteiger charge is -2.09. The van der Waals surface area contributed by atoms with E-state index in [0.29, 0.717) is 18.2 Å². The zero-order valence-electron chi connectivity index (χ0n) is 12.5. The molecule has 2 heterocycles. The Morgan fingerprint density at radius 2 is 2.09 bits per heavy atom. The van der Waals surface area contributed by atoms with E-state index in [1.54, 1.807) is 0 Å². The number of para-hydroxylation sites is 2. The third-order valence-corrected chi connectivity index (χ3v) is 4.31. The maximum Gasteiger partial charge on any atom is 0.309 e. The van der Waals surface area contributed by atoms with Crippen molar-refractivity contribution in [2.75, 3.05) is 0 Å². The molecule has 3 aromatic rings. The van der Waals surface area contributed by atoms with Crippen molar-refractivity contribution < 1.29 is 9.90 Å². The van der Waals surface area contributed by atoms with Crippen LogP contribution in [0.15, 0.2) is 29.6 Å². The Kier molecular flexibility index (Phi) is 3.94. The van der Waals surface area contributed by atoms with Crippen LogP contribution in [-0.4, -0.2) is 25.6 Å². The summed E-state index contributed by atoms with van der Waals surface area (Å²) < 4.78 is 2.17. The number of carbonyl (C=O) groups is 1. The number of aliphatic carboxylic acids is 1. The van der Waals surface area contributed by atoms with Gasteiger partial charge >= 0.3 is 5.97 Å². The second-order valence-electron chi connectivity index (χ2n) is 5.50. The molecule has 3 rings (SSSR count). The second-order valence-corrected chi connectivity index (χ2v) is 6.45. The molecule has 0 amide bonds. The third kappa shape index (κ3) is 2.87. The predicted molar refractivity (Wildman–Crippen MR) is 86.4 cm³/mol. The summed E-state index contributed by atoms with van der Waals surface area (Å²) in [5.74, 6) is 0.481. The first kappa shape index (κ1) is 14.7. The van der Waals surface area contributed by atoms with Gasteiger partial charge in [0.15, 0.2) is 0 Å². The summed E-state index contributed by atoms with van der Waals surface area (Å²) in [5.41, 5.74) is 2.68. The number of imidazole rings is 1. The minimum Gasteiger partial charge on any atom is -0.481 e. The van der Waals surface area contributed by atoms with E-state index in [-0.39, 0.29) is 6.42 Å². The Labute approximate surface area is 132 Å². The van der Waals surface area contributed by atoms with E-state index in [2.05, 4.69) is 29.5 Å². The number of rotatable bonds is 5. The molecule has 6 heteroatoms. The topological polar surface area (TPSA) is 68.0 Å². The Bertz CT molecular complexity index is 820. The van der Waals surface area contributed by atoms with E-state index in [9.17, 15) is 4.79 Å². The molecule has 5 nitrogen and oxygen atoms in total. The van der Waals surface area contributed by atoms with E-state index in [1.807, 2.05) is 23.6 Å². The standard InChI is InChI=1S/C16H17N3O2S/c1-10(2)16-18-12-5-3-4-6-13(12)19(16)8-14-17-11(9-22-14)7-15(20)21/h3-6,9-10H,7-8H2,1-2H3,(H,20,21). The van der Waals surface area contributed by atoms with Crippen molar-refractivity contribution in [2.45, 2.75) is 32.7 Å². The maximum absolute atomic E-state index is 10.8. The number of carboxylic acid groups (broad SMARTS) is 1. The van der Waals surface area contributed by atoms with Crippen LogP contribution in [0.2, 0.25) is 0 Å². The van der Waals surface area contributed by atoms with Gasteiger partial charge in [-0.2, -0.15) is 0 Å². The Morgan fingerprint density at radius 3 is 2.82 bits per heavy atom. The molecular weight excluding hydrogens is 298 g/mol. The molecule has 0 aliphatic heterocycles. The highest BCUT2D eigenvalue weighted by atomic mass is 32.1. The molecule has 0 spiro atoms.